The summed E-state index contributed by atoms with van der Waals surface area (Å²) < 4.78 is 10.8. The zero-order valence-corrected chi connectivity index (χ0v) is 15.2. The van der Waals surface area contributed by atoms with Gasteiger partial charge in [0.25, 0.3) is 0 Å². The predicted molar refractivity (Wildman–Crippen MR) is 101 cm³/mol. The van der Waals surface area contributed by atoms with Gasteiger partial charge in [0, 0.05) is 11.6 Å². The molecule has 0 aliphatic carbocycles. The molecule has 1 aliphatic rings. The summed E-state index contributed by atoms with van der Waals surface area (Å²) in [6.45, 7) is -0.625. The Balaban J connectivity index is 1.89. The molecule has 0 unspecified atom stereocenters. The van der Waals surface area contributed by atoms with Crippen molar-refractivity contribution in [3.05, 3.63) is 47.5 Å². The molecule has 0 saturated carbocycles. The number of aromatic hydroxyl groups is 3. The van der Waals surface area contributed by atoms with Gasteiger partial charge < -0.3 is 45.2 Å². The lowest BCUT2D eigenvalue weighted by Gasteiger charge is -2.39. The van der Waals surface area contributed by atoms with Gasteiger partial charge in [0.15, 0.2) is 11.5 Å². The Labute approximate surface area is 165 Å². The first-order valence-electron chi connectivity index (χ1n) is 8.80. The number of hydrogen-bond donors (Lipinski definition) is 7. The Morgan fingerprint density at radius 1 is 0.862 bits per heavy atom. The first-order chi connectivity index (χ1) is 13.8. The molecule has 0 spiro atoms. The van der Waals surface area contributed by atoms with Crippen LogP contribution in [0.25, 0.3) is 12.2 Å². The number of phenols is 3. The highest BCUT2D eigenvalue weighted by Crippen LogP contribution is 2.38. The number of rotatable bonds is 5. The Morgan fingerprint density at radius 2 is 1.55 bits per heavy atom. The molecule has 0 amide bonds. The van der Waals surface area contributed by atoms with E-state index < -0.39 is 43.1 Å². The minimum absolute atomic E-state index is 0.101. The van der Waals surface area contributed by atoms with Crippen LogP contribution in [0, 0.1) is 0 Å². The van der Waals surface area contributed by atoms with Gasteiger partial charge in [-0.1, -0.05) is 24.3 Å². The molecule has 5 atom stereocenters. The third-order valence-electron chi connectivity index (χ3n) is 4.51. The number of benzene rings is 2. The van der Waals surface area contributed by atoms with Crippen LogP contribution < -0.4 is 4.74 Å². The van der Waals surface area contributed by atoms with E-state index in [0.29, 0.717) is 5.56 Å². The fourth-order valence-corrected chi connectivity index (χ4v) is 2.92. The van der Waals surface area contributed by atoms with E-state index in [1.54, 1.807) is 18.2 Å². The van der Waals surface area contributed by atoms with E-state index in [0.717, 1.165) is 6.07 Å². The normalized spacial score (nSPS) is 27.2. The fraction of sp³-hybridized carbons (Fsp3) is 0.300. The van der Waals surface area contributed by atoms with Crippen molar-refractivity contribution in [2.75, 3.05) is 6.61 Å². The maximum absolute atomic E-state index is 10.2. The summed E-state index contributed by atoms with van der Waals surface area (Å²) in [5, 5.41) is 68.5. The van der Waals surface area contributed by atoms with Crippen molar-refractivity contribution in [2.45, 2.75) is 30.7 Å². The fourth-order valence-electron chi connectivity index (χ4n) is 2.92. The third-order valence-corrected chi connectivity index (χ3v) is 4.51. The molecule has 0 aromatic heterocycles. The van der Waals surface area contributed by atoms with Crippen LogP contribution in [-0.4, -0.2) is 73.1 Å². The zero-order valence-electron chi connectivity index (χ0n) is 15.2. The Kier molecular flexibility index (Phi) is 6.26. The van der Waals surface area contributed by atoms with Gasteiger partial charge in [-0.2, -0.15) is 0 Å². The largest absolute Gasteiger partial charge is 0.508 e. The highest BCUT2D eigenvalue weighted by atomic mass is 16.7. The van der Waals surface area contributed by atoms with Crippen molar-refractivity contribution in [2.24, 2.45) is 0 Å². The molecule has 7 N–H and O–H groups in total. The van der Waals surface area contributed by atoms with E-state index in [9.17, 15) is 35.7 Å². The molecule has 9 nitrogen and oxygen atoms in total. The summed E-state index contributed by atoms with van der Waals surface area (Å²) in [5.41, 5.74) is 0.942. The molecule has 1 aliphatic heterocycles. The number of aliphatic hydroxyl groups is 4. The van der Waals surface area contributed by atoms with Crippen molar-refractivity contribution in [3.63, 3.8) is 0 Å². The van der Waals surface area contributed by atoms with E-state index in [-0.39, 0.29) is 22.8 Å². The van der Waals surface area contributed by atoms with Crippen molar-refractivity contribution in [1.29, 1.82) is 0 Å². The average molecular weight is 406 g/mol. The van der Waals surface area contributed by atoms with Crippen LogP contribution in [0.15, 0.2) is 36.4 Å². The van der Waals surface area contributed by atoms with Crippen LogP contribution in [0.1, 0.15) is 11.1 Å². The molecule has 29 heavy (non-hydrogen) atoms. The molecule has 3 rings (SSSR count). The molecular weight excluding hydrogens is 384 g/mol. The molecular formula is C20H22O9. The second-order valence-electron chi connectivity index (χ2n) is 6.62. The standard InChI is InChI=1S/C20H22O9/c21-9-15-16(25)17(26)18(27)20(28-15)29-19-11(7-13(23)8-14(19)24)4-1-10-2-5-12(22)6-3-10/h1-8,15-18,20-27H,9H2/b4-1+/t15-,16-,17+,18+,20+/m1/s1. The van der Waals surface area contributed by atoms with Crippen molar-refractivity contribution in [1.82, 2.24) is 0 Å². The SMILES string of the molecule is OC[C@H]1O[C@@H](Oc2c(O)cc(O)cc2/C=C/c2ccc(O)cc2)[C@@H](O)[C@@H](O)[C@@H]1O. The Bertz CT molecular complexity index is 863. The third kappa shape index (κ3) is 4.61. The number of hydrogen-bond acceptors (Lipinski definition) is 9. The summed E-state index contributed by atoms with van der Waals surface area (Å²) in [7, 11) is 0. The van der Waals surface area contributed by atoms with Crippen molar-refractivity contribution < 1.29 is 45.2 Å². The van der Waals surface area contributed by atoms with Gasteiger partial charge in [-0.05, 0) is 23.8 Å². The second-order valence-corrected chi connectivity index (χ2v) is 6.62. The maximum atomic E-state index is 10.2. The van der Waals surface area contributed by atoms with Gasteiger partial charge in [-0.25, -0.2) is 0 Å². The molecule has 1 fully saturated rings. The summed E-state index contributed by atoms with van der Waals surface area (Å²) in [4.78, 5) is 0. The summed E-state index contributed by atoms with van der Waals surface area (Å²) in [5.74, 6) is -0.743. The number of ether oxygens (including phenoxy) is 2. The monoisotopic (exact) mass is 406 g/mol. The first kappa shape index (κ1) is 20.9. The minimum atomic E-state index is -1.66. The van der Waals surface area contributed by atoms with Crippen molar-refractivity contribution >= 4 is 12.2 Å². The van der Waals surface area contributed by atoms with E-state index in [2.05, 4.69) is 0 Å². The van der Waals surface area contributed by atoms with E-state index >= 15 is 0 Å². The van der Waals surface area contributed by atoms with Gasteiger partial charge in [0.1, 0.15) is 35.9 Å². The van der Waals surface area contributed by atoms with Crippen LogP contribution in [0.2, 0.25) is 0 Å². The molecule has 156 valence electrons. The van der Waals surface area contributed by atoms with Crippen LogP contribution >= 0.6 is 0 Å². The predicted octanol–water partition coefficient (Wildman–Crippen LogP) is 0.152. The highest BCUT2D eigenvalue weighted by molar-refractivity contribution is 5.75. The molecule has 1 saturated heterocycles. The van der Waals surface area contributed by atoms with Crippen LogP contribution in [-0.2, 0) is 4.74 Å². The van der Waals surface area contributed by atoms with E-state index in [4.69, 9.17) is 9.47 Å². The van der Waals surface area contributed by atoms with Crippen LogP contribution in [0.4, 0.5) is 0 Å². The lowest BCUT2D eigenvalue weighted by molar-refractivity contribution is -0.277. The average Bonchev–Trinajstić information content (AvgIpc) is 2.69. The minimum Gasteiger partial charge on any atom is -0.508 e. The molecule has 1 heterocycles. The summed E-state index contributed by atoms with van der Waals surface area (Å²) in [6.07, 6.45) is -4.36. The molecule has 2 aromatic rings. The lowest BCUT2D eigenvalue weighted by Crippen LogP contribution is -2.60. The molecule has 0 bridgehead atoms. The second kappa shape index (κ2) is 8.68. The lowest BCUT2D eigenvalue weighted by atomic mass is 9.99. The van der Waals surface area contributed by atoms with E-state index in [1.807, 2.05) is 0 Å². The first-order valence-corrected chi connectivity index (χ1v) is 8.80. The van der Waals surface area contributed by atoms with Crippen LogP contribution in [0.3, 0.4) is 0 Å². The van der Waals surface area contributed by atoms with Crippen LogP contribution in [0.5, 0.6) is 23.0 Å². The molecule has 2 aromatic carbocycles. The molecule has 0 radical (unpaired) electrons. The maximum Gasteiger partial charge on any atom is 0.229 e. The highest BCUT2D eigenvalue weighted by Gasteiger charge is 2.45. The topological polar surface area (TPSA) is 160 Å². The molecule has 9 heteroatoms. The van der Waals surface area contributed by atoms with Gasteiger partial charge >= 0.3 is 0 Å². The van der Waals surface area contributed by atoms with E-state index in [1.165, 1.54) is 24.3 Å². The zero-order chi connectivity index (χ0) is 21.1. The number of phenolic OH excluding ortho intramolecular Hbond substituents is 3. The van der Waals surface area contributed by atoms with Crippen molar-refractivity contribution in [3.8, 4) is 23.0 Å². The van der Waals surface area contributed by atoms with Gasteiger partial charge in [-0.3, -0.25) is 0 Å². The quantitative estimate of drug-likeness (QED) is 0.343. The Morgan fingerprint density at radius 3 is 2.21 bits per heavy atom. The number of aliphatic hydroxyl groups excluding tert-OH is 4. The smallest absolute Gasteiger partial charge is 0.229 e. The summed E-state index contributed by atoms with van der Waals surface area (Å²) >= 11 is 0. The van der Waals surface area contributed by atoms with Gasteiger partial charge in [0.05, 0.1) is 6.61 Å². The van der Waals surface area contributed by atoms with Gasteiger partial charge in [-0.15, -0.1) is 0 Å². The summed E-state index contributed by atoms with van der Waals surface area (Å²) in [6, 6.07) is 8.60. The Hall–Kier alpha value is -2.82. The van der Waals surface area contributed by atoms with Gasteiger partial charge in [0.2, 0.25) is 6.29 Å².